The maximum absolute atomic E-state index is 14.8. The van der Waals surface area contributed by atoms with Gasteiger partial charge >= 0.3 is 12.3 Å². The zero-order chi connectivity index (χ0) is 36.9. The maximum Gasteiger partial charge on any atom is 0.417 e. The lowest BCUT2D eigenvalue weighted by molar-refractivity contribution is -0.138. The van der Waals surface area contributed by atoms with Crippen molar-refractivity contribution in [3.63, 3.8) is 0 Å². The molecule has 5 rings (SSSR count). The fourth-order valence-electron chi connectivity index (χ4n) is 5.84. The second kappa shape index (κ2) is 12.9. The number of nitriles is 1. The molecule has 1 aliphatic heterocycles. The van der Waals surface area contributed by atoms with Crippen LogP contribution in [-0.2, 0) is 20.8 Å². The van der Waals surface area contributed by atoms with Crippen LogP contribution in [0.4, 0.5) is 22.4 Å². The Labute approximate surface area is 285 Å². The summed E-state index contributed by atoms with van der Waals surface area (Å²) in [6.45, 7) is 5.99. The Morgan fingerprint density at radius 2 is 1.80 bits per heavy atom. The number of alkyl halides is 3. The average Bonchev–Trinajstić information content (AvgIpc) is 3.55. The molecule has 1 aliphatic rings. The van der Waals surface area contributed by atoms with Gasteiger partial charge in [-0.25, -0.2) is 22.6 Å². The zero-order valence-corrected chi connectivity index (χ0v) is 28.7. The number of carbonyl (C=O) groups is 2. The van der Waals surface area contributed by atoms with Gasteiger partial charge in [-0.2, -0.15) is 18.4 Å². The van der Waals surface area contributed by atoms with E-state index in [2.05, 4.69) is 4.98 Å². The predicted molar refractivity (Wildman–Crippen MR) is 173 cm³/mol. The van der Waals surface area contributed by atoms with Gasteiger partial charge in [0.05, 0.1) is 40.6 Å². The number of hydrogen-bond acceptors (Lipinski definition) is 8. The molecule has 0 saturated carbocycles. The molecule has 0 saturated heterocycles. The minimum Gasteiger partial charge on any atom is -0.482 e. The number of aryl methyl sites for hydroxylation is 1. The van der Waals surface area contributed by atoms with E-state index in [0.29, 0.717) is 11.6 Å². The lowest BCUT2D eigenvalue weighted by Gasteiger charge is -2.31. The molecule has 0 fully saturated rings. The van der Waals surface area contributed by atoms with Crippen LogP contribution in [0.25, 0.3) is 16.9 Å². The van der Waals surface area contributed by atoms with Gasteiger partial charge < -0.3 is 19.3 Å². The number of halogens is 4. The second-order valence-electron chi connectivity index (χ2n) is 12.7. The van der Waals surface area contributed by atoms with Gasteiger partial charge in [-0.3, -0.25) is 9.20 Å². The van der Waals surface area contributed by atoms with Crippen molar-refractivity contribution in [2.45, 2.75) is 50.4 Å². The summed E-state index contributed by atoms with van der Waals surface area (Å²) in [4.78, 5) is 33.7. The van der Waals surface area contributed by atoms with Crippen molar-refractivity contribution >= 4 is 27.5 Å². The van der Waals surface area contributed by atoms with Gasteiger partial charge in [0.15, 0.2) is 21.4 Å². The number of aromatic nitrogens is 2. The monoisotopic (exact) mass is 715 g/mol. The maximum atomic E-state index is 14.8. The molecule has 3 heterocycles. The number of pyridine rings is 1. The fraction of sp³-hybridized carbons (Fsp3) is 0.353. The van der Waals surface area contributed by atoms with Crippen LogP contribution in [0.2, 0.25) is 0 Å². The summed E-state index contributed by atoms with van der Waals surface area (Å²) in [6, 6.07) is 10.5. The first-order valence-corrected chi connectivity index (χ1v) is 16.9. The van der Waals surface area contributed by atoms with E-state index in [4.69, 9.17) is 9.47 Å². The first-order chi connectivity index (χ1) is 23.3. The van der Waals surface area contributed by atoms with E-state index in [-0.39, 0.29) is 47.1 Å². The Balaban J connectivity index is 1.72. The van der Waals surface area contributed by atoms with Gasteiger partial charge in [0.2, 0.25) is 0 Å². The lowest BCUT2D eigenvalue weighted by atomic mass is 9.99. The van der Waals surface area contributed by atoms with Crippen molar-refractivity contribution in [1.29, 1.82) is 5.26 Å². The molecule has 50 heavy (non-hydrogen) atoms. The molecule has 2 aromatic carbocycles. The van der Waals surface area contributed by atoms with Gasteiger partial charge in [-0.1, -0.05) is 12.1 Å². The standard InChI is InChI=1S/C34H33F4N5O6S/c1-19-16-20(10-13-24(19)35)29-28(40-26-8-7-9-27(48-6)43(26)29)31(44)42(15-14-41(5)32(45)49-33(2,3)4)25-18-50(46,47)30-21(25)11-12-23(22(30)17-39)34(36,37)38/h7-13,16,25H,14-15,18H2,1-6H3. The number of ether oxygens (including phenoxy) is 2. The zero-order valence-electron chi connectivity index (χ0n) is 27.9. The molecule has 264 valence electrons. The molecule has 11 nitrogen and oxygen atoms in total. The van der Waals surface area contributed by atoms with Crippen molar-refractivity contribution < 1.29 is 45.0 Å². The smallest absolute Gasteiger partial charge is 0.417 e. The van der Waals surface area contributed by atoms with Gasteiger partial charge in [-0.05, 0) is 75.2 Å². The first kappa shape index (κ1) is 36.1. The van der Waals surface area contributed by atoms with Crippen molar-refractivity contribution in [1.82, 2.24) is 19.2 Å². The molecular formula is C34H33F4N5O6S. The molecule has 0 aliphatic carbocycles. The van der Waals surface area contributed by atoms with Gasteiger partial charge in [0, 0.05) is 25.7 Å². The molecule has 0 N–H and O–H groups in total. The van der Waals surface area contributed by atoms with Crippen LogP contribution >= 0.6 is 0 Å². The van der Waals surface area contributed by atoms with Crippen molar-refractivity contribution in [3.05, 3.63) is 82.3 Å². The Bertz CT molecular complexity index is 2170. The van der Waals surface area contributed by atoms with Crippen molar-refractivity contribution in [2.75, 3.05) is 33.0 Å². The van der Waals surface area contributed by atoms with Crippen LogP contribution in [0.5, 0.6) is 5.88 Å². The SMILES string of the molecule is COc1cccc2nc(C(=O)N(CCN(C)C(=O)OC(C)(C)C)C3CS(=O)(=O)c4c3ccc(C(F)(F)F)c4C#N)c(-c3ccc(F)c(C)c3)n12. The highest BCUT2D eigenvalue weighted by atomic mass is 32.2. The highest BCUT2D eigenvalue weighted by molar-refractivity contribution is 7.91. The number of amides is 2. The van der Waals surface area contributed by atoms with Gasteiger partial charge in [0.25, 0.3) is 5.91 Å². The third-order valence-corrected chi connectivity index (χ3v) is 9.94. The molecule has 0 spiro atoms. The topological polar surface area (TPSA) is 134 Å². The van der Waals surface area contributed by atoms with E-state index in [1.54, 1.807) is 39.0 Å². The molecule has 2 aromatic heterocycles. The highest BCUT2D eigenvalue weighted by Crippen LogP contribution is 2.44. The number of fused-ring (bicyclic) bond motifs is 2. The summed E-state index contributed by atoms with van der Waals surface area (Å²) in [6.07, 6.45) is -5.78. The van der Waals surface area contributed by atoms with Gasteiger partial charge in [-0.15, -0.1) is 0 Å². The summed E-state index contributed by atoms with van der Waals surface area (Å²) >= 11 is 0. The average molecular weight is 716 g/mol. The Morgan fingerprint density at radius 1 is 1.10 bits per heavy atom. The molecule has 1 unspecified atom stereocenters. The Kier molecular flexibility index (Phi) is 9.35. The normalized spacial score (nSPS) is 15.3. The van der Waals surface area contributed by atoms with E-state index in [1.165, 1.54) is 54.7 Å². The van der Waals surface area contributed by atoms with Gasteiger partial charge in [0.1, 0.15) is 23.1 Å². The molecule has 0 bridgehead atoms. The number of imidazole rings is 1. The van der Waals surface area contributed by atoms with Crippen LogP contribution in [0, 0.1) is 24.1 Å². The number of sulfone groups is 1. The quantitative estimate of drug-likeness (QED) is 0.207. The van der Waals surface area contributed by atoms with Crippen molar-refractivity contribution in [2.24, 2.45) is 0 Å². The van der Waals surface area contributed by atoms with Crippen LogP contribution in [-0.4, -0.2) is 78.2 Å². The van der Waals surface area contributed by atoms with E-state index < -0.39 is 67.2 Å². The van der Waals surface area contributed by atoms with Crippen LogP contribution < -0.4 is 4.74 Å². The minimum atomic E-state index is -5.03. The molecule has 2 amide bonds. The molecule has 0 radical (unpaired) electrons. The molecular weight excluding hydrogens is 682 g/mol. The fourth-order valence-corrected chi connectivity index (χ4v) is 7.81. The van der Waals surface area contributed by atoms with Crippen LogP contribution in [0.1, 0.15) is 59.6 Å². The highest BCUT2D eigenvalue weighted by Gasteiger charge is 2.46. The first-order valence-electron chi connectivity index (χ1n) is 15.2. The summed E-state index contributed by atoms with van der Waals surface area (Å²) < 4.78 is 95.6. The minimum absolute atomic E-state index is 0.169. The van der Waals surface area contributed by atoms with E-state index >= 15 is 0 Å². The Hall–Kier alpha value is -5.17. The third-order valence-electron chi connectivity index (χ3n) is 8.12. The number of likely N-dealkylation sites (N-methyl/N-ethyl adjacent to an activating group) is 1. The number of rotatable bonds is 7. The summed E-state index contributed by atoms with van der Waals surface area (Å²) in [5.74, 6) is -1.94. The van der Waals surface area contributed by atoms with E-state index in [1.807, 2.05) is 0 Å². The summed E-state index contributed by atoms with van der Waals surface area (Å²) in [7, 11) is -1.73. The van der Waals surface area contributed by atoms with E-state index in [0.717, 1.165) is 11.0 Å². The Morgan fingerprint density at radius 3 is 2.40 bits per heavy atom. The number of nitrogens with zero attached hydrogens (tertiary/aromatic N) is 5. The van der Waals surface area contributed by atoms with Crippen LogP contribution in [0.3, 0.4) is 0 Å². The number of benzene rings is 2. The van der Waals surface area contributed by atoms with Crippen LogP contribution in [0.15, 0.2) is 53.4 Å². The van der Waals surface area contributed by atoms with Crippen molar-refractivity contribution in [3.8, 4) is 23.2 Å². The number of methoxy groups -OCH3 is 1. The molecule has 4 aromatic rings. The summed E-state index contributed by atoms with van der Waals surface area (Å²) in [5.41, 5.74) is -2.73. The largest absolute Gasteiger partial charge is 0.482 e. The predicted octanol–water partition coefficient (Wildman–Crippen LogP) is 6.19. The second-order valence-corrected chi connectivity index (χ2v) is 14.7. The lowest BCUT2D eigenvalue weighted by Crippen LogP contribution is -2.43. The number of hydrogen-bond donors (Lipinski definition) is 0. The van der Waals surface area contributed by atoms with E-state index in [9.17, 15) is 40.8 Å². The number of carbonyl (C=O) groups excluding carboxylic acids is 2. The molecule has 1 atom stereocenters. The summed E-state index contributed by atoms with van der Waals surface area (Å²) in [5, 5.41) is 9.75. The molecule has 16 heteroatoms. The third kappa shape index (κ3) is 6.69.